The van der Waals surface area contributed by atoms with Crippen molar-refractivity contribution in [3.05, 3.63) is 23.7 Å². The minimum atomic E-state index is -0.921. The zero-order chi connectivity index (χ0) is 13.0. The topological polar surface area (TPSA) is 62.5 Å². The maximum Gasteiger partial charge on any atom is 0.339 e. The zero-order valence-corrected chi connectivity index (χ0v) is 10.8. The van der Waals surface area contributed by atoms with Crippen LogP contribution in [0.1, 0.15) is 55.1 Å². The maximum absolute atomic E-state index is 10.9. The molecule has 4 nitrogen and oxygen atoms in total. The second kappa shape index (κ2) is 6.05. The predicted octanol–water partition coefficient (Wildman–Crippen LogP) is 3.04. The van der Waals surface area contributed by atoms with Gasteiger partial charge >= 0.3 is 5.97 Å². The van der Waals surface area contributed by atoms with E-state index in [-0.39, 0.29) is 5.56 Å². The third-order valence-corrected chi connectivity index (χ3v) is 3.95. The van der Waals surface area contributed by atoms with Crippen molar-refractivity contribution >= 4 is 5.97 Å². The number of hydrogen-bond donors (Lipinski definition) is 2. The van der Waals surface area contributed by atoms with Crippen LogP contribution in [0.3, 0.4) is 0 Å². The molecular formula is C14H21NO3. The van der Waals surface area contributed by atoms with Crippen molar-refractivity contribution in [2.75, 3.05) is 0 Å². The number of carbonyl (C=O) groups is 1. The summed E-state index contributed by atoms with van der Waals surface area (Å²) in [5, 5.41) is 12.4. The molecule has 1 fully saturated rings. The van der Waals surface area contributed by atoms with E-state index in [1.807, 2.05) is 0 Å². The molecule has 0 amide bonds. The number of nitrogens with one attached hydrogen (secondary N) is 1. The smallest absolute Gasteiger partial charge is 0.339 e. The largest absolute Gasteiger partial charge is 0.478 e. The molecule has 1 heterocycles. The Morgan fingerprint density at radius 2 is 2.17 bits per heavy atom. The highest BCUT2D eigenvalue weighted by atomic mass is 16.4. The van der Waals surface area contributed by atoms with Gasteiger partial charge in [-0.25, -0.2) is 4.79 Å². The summed E-state index contributed by atoms with van der Waals surface area (Å²) in [6.07, 6.45) is 7.63. The first-order valence-electron chi connectivity index (χ1n) is 6.73. The molecular weight excluding hydrogens is 230 g/mol. The second-order valence-corrected chi connectivity index (χ2v) is 5.07. The molecule has 1 saturated carbocycles. The Labute approximate surface area is 107 Å². The van der Waals surface area contributed by atoms with E-state index in [1.165, 1.54) is 44.4 Å². The summed E-state index contributed by atoms with van der Waals surface area (Å²) in [5.74, 6) is 0.483. The Morgan fingerprint density at radius 1 is 1.44 bits per heavy atom. The molecule has 0 aliphatic heterocycles. The fourth-order valence-electron chi connectivity index (χ4n) is 2.68. The lowest BCUT2D eigenvalue weighted by molar-refractivity contribution is 0.0694. The fourth-order valence-corrected chi connectivity index (χ4v) is 2.68. The van der Waals surface area contributed by atoms with Gasteiger partial charge < -0.3 is 14.8 Å². The molecule has 0 spiro atoms. The van der Waals surface area contributed by atoms with Crippen molar-refractivity contribution in [1.29, 1.82) is 0 Å². The number of aromatic carboxylic acids is 1. The lowest BCUT2D eigenvalue weighted by Gasteiger charge is -2.28. The van der Waals surface area contributed by atoms with Gasteiger partial charge in [-0.2, -0.15) is 0 Å². The SMILES string of the molecule is CCC1CCC(NCc2occc2C(=O)O)CC1. The van der Waals surface area contributed by atoms with Crippen LogP contribution >= 0.6 is 0 Å². The Bertz CT molecular complexity index is 391. The van der Waals surface area contributed by atoms with Crippen molar-refractivity contribution in [2.24, 2.45) is 5.92 Å². The Morgan fingerprint density at radius 3 is 2.78 bits per heavy atom. The summed E-state index contributed by atoms with van der Waals surface area (Å²) in [6.45, 7) is 2.76. The van der Waals surface area contributed by atoms with Crippen LogP contribution in [0.15, 0.2) is 16.7 Å². The highest BCUT2D eigenvalue weighted by Crippen LogP contribution is 2.26. The molecule has 0 atom stereocenters. The first-order valence-corrected chi connectivity index (χ1v) is 6.73. The van der Waals surface area contributed by atoms with Crippen LogP contribution in [-0.4, -0.2) is 17.1 Å². The summed E-state index contributed by atoms with van der Waals surface area (Å²) < 4.78 is 5.22. The van der Waals surface area contributed by atoms with E-state index in [1.54, 1.807) is 0 Å². The summed E-state index contributed by atoms with van der Waals surface area (Å²) in [5.41, 5.74) is 0.268. The van der Waals surface area contributed by atoms with Gasteiger partial charge in [0, 0.05) is 6.04 Å². The van der Waals surface area contributed by atoms with Crippen molar-refractivity contribution in [1.82, 2.24) is 5.32 Å². The summed E-state index contributed by atoms with van der Waals surface area (Å²) in [7, 11) is 0. The fraction of sp³-hybridized carbons (Fsp3) is 0.643. The monoisotopic (exact) mass is 251 g/mol. The van der Waals surface area contributed by atoms with Crippen molar-refractivity contribution < 1.29 is 14.3 Å². The van der Waals surface area contributed by atoms with Gasteiger partial charge in [-0.05, 0) is 37.7 Å². The molecule has 0 aromatic carbocycles. The van der Waals surface area contributed by atoms with E-state index in [0.717, 1.165) is 5.92 Å². The van der Waals surface area contributed by atoms with Crippen molar-refractivity contribution in [3.8, 4) is 0 Å². The van der Waals surface area contributed by atoms with E-state index < -0.39 is 5.97 Å². The Kier molecular flexibility index (Phi) is 4.42. The third kappa shape index (κ3) is 3.13. The molecule has 0 radical (unpaired) electrons. The number of carboxylic acids is 1. The lowest BCUT2D eigenvalue weighted by atomic mass is 9.84. The highest BCUT2D eigenvalue weighted by Gasteiger charge is 2.20. The average Bonchev–Trinajstić information content (AvgIpc) is 2.85. The molecule has 2 rings (SSSR count). The number of carboxylic acid groups (broad SMARTS) is 1. The molecule has 1 aliphatic rings. The molecule has 0 saturated heterocycles. The molecule has 0 bridgehead atoms. The average molecular weight is 251 g/mol. The van der Waals surface area contributed by atoms with E-state index in [9.17, 15) is 4.79 Å². The first-order chi connectivity index (χ1) is 8.70. The van der Waals surface area contributed by atoms with Crippen LogP contribution in [0, 0.1) is 5.92 Å². The van der Waals surface area contributed by atoms with Gasteiger partial charge in [0.05, 0.1) is 12.8 Å². The number of hydrogen-bond acceptors (Lipinski definition) is 3. The van der Waals surface area contributed by atoms with Gasteiger partial charge in [0.2, 0.25) is 0 Å². The lowest BCUT2D eigenvalue weighted by Crippen LogP contribution is -2.32. The van der Waals surface area contributed by atoms with Crippen LogP contribution < -0.4 is 5.32 Å². The summed E-state index contributed by atoms with van der Waals surface area (Å²) >= 11 is 0. The maximum atomic E-state index is 10.9. The van der Waals surface area contributed by atoms with Crippen LogP contribution in [0.5, 0.6) is 0 Å². The van der Waals surface area contributed by atoms with E-state index in [0.29, 0.717) is 18.3 Å². The molecule has 100 valence electrons. The highest BCUT2D eigenvalue weighted by molar-refractivity contribution is 5.88. The standard InChI is InChI=1S/C14H21NO3/c1-2-10-3-5-11(6-4-10)15-9-13-12(14(16)17)7-8-18-13/h7-8,10-11,15H,2-6,9H2,1H3,(H,16,17). The van der Waals surface area contributed by atoms with Gasteiger partial charge in [-0.3, -0.25) is 0 Å². The van der Waals surface area contributed by atoms with Crippen molar-refractivity contribution in [2.45, 2.75) is 51.6 Å². The van der Waals surface area contributed by atoms with Gasteiger partial charge in [-0.15, -0.1) is 0 Å². The summed E-state index contributed by atoms with van der Waals surface area (Å²) in [4.78, 5) is 10.9. The molecule has 1 aromatic heterocycles. The quantitative estimate of drug-likeness (QED) is 0.844. The molecule has 18 heavy (non-hydrogen) atoms. The minimum Gasteiger partial charge on any atom is -0.478 e. The normalized spacial score (nSPS) is 24.1. The van der Waals surface area contributed by atoms with Gasteiger partial charge in [0.25, 0.3) is 0 Å². The van der Waals surface area contributed by atoms with E-state index in [4.69, 9.17) is 9.52 Å². The van der Waals surface area contributed by atoms with Gasteiger partial charge in [0.15, 0.2) is 0 Å². The second-order valence-electron chi connectivity index (χ2n) is 5.07. The molecule has 4 heteroatoms. The summed E-state index contributed by atoms with van der Waals surface area (Å²) in [6, 6.07) is 2.01. The number of furan rings is 1. The third-order valence-electron chi connectivity index (χ3n) is 3.95. The Balaban J connectivity index is 1.81. The van der Waals surface area contributed by atoms with Gasteiger partial charge in [-0.1, -0.05) is 13.3 Å². The first kappa shape index (κ1) is 13.1. The van der Waals surface area contributed by atoms with Crippen LogP contribution in [0.2, 0.25) is 0 Å². The Hall–Kier alpha value is -1.29. The van der Waals surface area contributed by atoms with Crippen molar-refractivity contribution in [3.63, 3.8) is 0 Å². The molecule has 2 N–H and O–H groups in total. The predicted molar refractivity (Wildman–Crippen MR) is 68.5 cm³/mol. The van der Waals surface area contributed by atoms with E-state index in [2.05, 4.69) is 12.2 Å². The minimum absolute atomic E-state index is 0.268. The molecule has 0 unspecified atom stereocenters. The van der Waals surface area contributed by atoms with Crippen LogP contribution in [0.4, 0.5) is 0 Å². The molecule has 1 aromatic rings. The van der Waals surface area contributed by atoms with Crippen LogP contribution in [-0.2, 0) is 6.54 Å². The van der Waals surface area contributed by atoms with Crippen LogP contribution in [0.25, 0.3) is 0 Å². The molecule has 1 aliphatic carbocycles. The zero-order valence-electron chi connectivity index (χ0n) is 10.8. The van der Waals surface area contributed by atoms with E-state index >= 15 is 0 Å². The number of rotatable bonds is 5. The van der Waals surface area contributed by atoms with Gasteiger partial charge in [0.1, 0.15) is 11.3 Å².